The first-order valence-corrected chi connectivity index (χ1v) is 15.2. The van der Waals surface area contributed by atoms with Crippen LogP contribution in [-0.2, 0) is 26.4 Å². The van der Waals surface area contributed by atoms with E-state index in [2.05, 4.69) is 34.4 Å². The lowest BCUT2D eigenvalue weighted by Crippen LogP contribution is -2.40. The standard InChI is InChI=1S/C27H30N4O4S2/c1-4-37(34,35)31-25(6-5-15-28-23-8-10-26(11-9-23)36(3,32)33)19-22-18-21(7-12-27(22)31)20-29-24-13-16-30(2)17-14-24/h1,7-12,18-19,24,28-29H,13-17,20H2,2-3H3. The molecule has 1 aliphatic heterocycles. The first-order chi connectivity index (χ1) is 17.6. The summed E-state index contributed by atoms with van der Waals surface area (Å²) in [6.45, 7) is 3.07. The van der Waals surface area contributed by atoms with Crippen LogP contribution < -0.4 is 10.6 Å². The lowest BCUT2D eigenvalue weighted by atomic mass is 10.0. The summed E-state index contributed by atoms with van der Waals surface area (Å²) in [6, 6.07) is 14.2. The monoisotopic (exact) mass is 538 g/mol. The van der Waals surface area contributed by atoms with E-state index in [1.807, 2.05) is 17.4 Å². The number of fused-ring (bicyclic) bond motifs is 1. The van der Waals surface area contributed by atoms with Gasteiger partial charge in [-0.15, -0.1) is 6.42 Å². The Labute approximate surface area is 219 Å². The van der Waals surface area contributed by atoms with E-state index in [9.17, 15) is 16.8 Å². The predicted molar refractivity (Wildman–Crippen MR) is 147 cm³/mol. The molecular formula is C27H30N4O4S2. The second-order valence-electron chi connectivity index (χ2n) is 9.22. The Balaban J connectivity index is 1.52. The van der Waals surface area contributed by atoms with Crippen LogP contribution in [-0.4, -0.2) is 64.7 Å². The van der Waals surface area contributed by atoms with Gasteiger partial charge in [-0.1, -0.05) is 12.0 Å². The van der Waals surface area contributed by atoms with Crippen molar-refractivity contribution in [3.63, 3.8) is 0 Å². The third kappa shape index (κ3) is 6.54. The second kappa shape index (κ2) is 11.0. The van der Waals surface area contributed by atoms with Crippen LogP contribution in [0.4, 0.5) is 5.69 Å². The van der Waals surface area contributed by atoms with Gasteiger partial charge in [-0.2, -0.15) is 8.42 Å². The number of terminal acetylenes is 1. The van der Waals surface area contributed by atoms with Crippen LogP contribution in [0.15, 0.2) is 53.4 Å². The number of hydrogen-bond donors (Lipinski definition) is 2. The summed E-state index contributed by atoms with van der Waals surface area (Å²) in [4.78, 5) is 2.56. The molecule has 0 radical (unpaired) electrons. The van der Waals surface area contributed by atoms with Gasteiger partial charge < -0.3 is 15.5 Å². The normalized spacial score (nSPS) is 15.2. The highest BCUT2D eigenvalue weighted by molar-refractivity contribution is 7.94. The molecule has 1 aromatic heterocycles. The van der Waals surface area contributed by atoms with Gasteiger partial charge in [-0.05, 0) is 86.9 Å². The van der Waals surface area contributed by atoms with Crippen molar-refractivity contribution in [2.24, 2.45) is 0 Å². The zero-order valence-electron chi connectivity index (χ0n) is 20.9. The maximum atomic E-state index is 12.7. The Morgan fingerprint density at radius 3 is 2.38 bits per heavy atom. The molecule has 0 spiro atoms. The fourth-order valence-corrected chi connectivity index (χ4v) is 5.84. The molecule has 1 fully saturated rings. The van der Waals surface area contributed by atoms with E-state index in [-0.39, 0.29) is 17.1 Å². The highest BCUT2D eigenvalue weighted by Crippen LogP contribution is 2.24. The van der Waals surface area contributed by atoms with E-state index in [4.69, 9.17) is 6.42 Å². The smallest absolute Gasteiger partial charge is 0.309 e. The molecule has 2 N–H and O–H groups in total. The quantitative estimate of drug-likeness (QED) is 0.446. The molecule has 0 saturated carbocycles. The molecule has 1 aliphatic rings. The first-order valence-electron chi connectivity index (χ1n) is 11.9. The number of nitrogens with one attached hydrogen (secondary N) is 2. The number of benzene rings is 2. The Morgan fingerprint density at radius 1 is 1.03 bits per heavy atom. The maximum absolute atomic E-state index is 12.7. The summed E-state index contributed by atoms with van der Waals surface area (Å²) in [6.07, 6.45) is 8.68. The number of piperidine rings is 1. The summed E-state index contributed by atoms with van der Waals surface area (Å²) < 4.78 is 49.7. The lowest BCUT2D eigenvalue weighted by Gasteiger charge is -2.29. The van der Waals surface area contributed by atoms with Crippen molar-refractivity contribution in [2.75, 3.05) is 38.3 Å². The molecule has 37 heavy (non-hydrogen) atoms. The van der Waals surface area contributed by atoms with Crippen LogP contribution in [0.2, 0.25) is 0 Å². The van der Waals surface area contributed by atoms with Crippen LogP contribution in [0.1, 0.15) is 24.1 Å². The van der Waals surface area contributed by atoms with E-state index < -0.39 is 19.9 Å². The van der Waals surface area contributed by atoms with Gasteiger partial charge in [0, 0.05) is 35.2 Å². The van der Waals surface area contributed by atoms with Gasteiger partial charge in [0.25, 0.3) is 0 Å². The van der Waals surface area contributed by atoms with Gasteiger partial charge in [0.05, 0.1) is 17.0 Å². The number of hydrogen-bond acceptors (Lipinski definition) is 7. The summed E-state index contributed by atoms with van der Waals surface area (Å²) >= 11 is 0. The van der Waals surface area contributed by atoms with Crippen molar-refractivity contribution in [1.82, 2.24) is 14.2 Å². The zero-order chi connectivity index (χ0) is 26.6. The van der Waals surface area contributed by atoms with Gasteiger partial charge in [0.1, 0.15) is 5.69 Å². The Hall–Kier alpha value is -3.28. The third-order valence-electron chi connectivity index (χ3n) is 6.40. The molecule has 2 aromatic carbocycles. The number of anilines is 1. The van der Waals surface area contributed by atoms with Crippen LogP contribution >= 0.6 is 0 Å². The average molecular weight is 539 g/mol. The third-order valence-corrected chi connectivity index (χ3v) is 8.70. The van der Waals surface area contributed by atoms with Crippen LogP contribution in [0.5, 0.6) is 0 Å². The van der Waals surface area contributed by atoms with Crippen LogP contribution in [0.25, 0.3) is 10.9 Å². The van der Waals surface area contributed by atoms with Crippen molar-refractivity contribution < 1.29 is 16.8 Å². The van der Waals surface area contributed by atoms with Gasteiger partial charge in [-0.3, -0.25) is 0 Å². The highest BCUT2D eigenvalue weighted by atomic mass is 32.2. The summed E-state index contributed by atoms with van der Waals surface area (Å²) in [7, 11) is -5.16. The molecule has 0 amide bonds. The molecule has 1 saturated heterocycles. The van der Waals surface area contributed by atoms with Gasteiger partial charge in [0.15, 0.2) is 9.84 Å². The minimum absolute atomic E-state index is 0.224. The second-order valence-corrected chi connectivity index (χ2v) is 12.8. The molecule has 4 rings (SSSR count). The molecule has 0 unspecified atom stereocenters. The van der Waals surface area contributed by atoms with E-state index in [0.29, 0.717) is 23.8 Å². The summed E-state index contributed by atoms with van der Waals surface area (Å²) in [5, 5.41) is 9.31. The fourth-order valence-electron chi connectivity index (χ4n) is 4.32. The van der Waals surface area contributed by atoms with Gasteiger partial charge >= 0.3 is 10.0 Å². The zero-order valence-corrected chi connectivity index (χ0v) is 22.5. The number of aromatic nitrogens is 1. The minimum Gasteiger partial charge on any atom is -0.374 e. The molecule has 0 aliphatic carbocycles. The van der Waals surface area contributed by atoms with Crippen LogP contribution in [0, 0.1) is 23.5 Å². The van der Waals surface area contributed by atoms with Crippen molar-refractivity contribution in [3.05, 3.63) is 59.8 Å². The maximum Gasteiger partial charge on any atom is 0.309 e. The van der Waals surface area contributed by atoms with E-state index in [1.54, 1.807) is 24.3 Å². The Kier molecular flexibility index (Phi) is 7.96. The first kappa shape index (κ1) is 26.8. The molecule has 3 aromatic rings. The minimum atomic E-state index is -4.02. The molecule has 0 bridgehead atoms. The van der Waals surface area contributed by atoms with Crippen molar-refractivity contribution in [1.29, 1.82) is 0 Å². The lowest BCUT2D eigenvalue weighted by molar-refractivity contribution is 0.234. The molecule has 8 nitrogen and oxygen atoms in total. The van der Waals surface area contributed by atoms with E-state index in [1.165, 1.54) is 12.1 Å². The number of nitrogens with zero attached hydrogens (tertiary/aromatic N) is 2. The van der Waals surface area contributed by atoms with Gasteiger partial charge in [0.2, 0.25) is 0 Å². The summed E-state index contributed by atoms with van der Waals surface area (Å²) in [5.74, 6) is 5.85. The molecule has 10 heteroatoms. The van der Waals surface area contributed by atoms with Crippen LogP contribution in [0.3, 0.4) is 0 Å². The topological polar surface area (TPSA) is 101 Å². The van der Waals surface area contributed by atoms with Crippen molar-refractivity contribution in [3.8, 4) is 23.5 Å². The Morgan fingerprint density at radius 2 is 1.73 bits per heavy atom. The molecular weight excluding hydrogens is 508 g/mol. The molecule has 0 atom stereocenters. The fraction of sp³-hybridized carbons (Fsp3) is 0.333. The number of likely N-dealkylation sites (tertiary alicyclic amines) is 1. The largest absolute Gasteiger partial charge is 0.374 e. The summed E-state index contributed by atoms with van der Waals surface area (Å²) in [5.41, 5.74) is 2.51. The molecule has 194 valence electrons. The number of rotatable bonds is 7. The predicted octanol–water partition coefficient (Wildman–Crippen LogP) is 2.46. The van der Waals surface area contributed by atoms with Crippen molar-refractivity contribution >= 4 is 36.5 Å². The van der Waals surface area contributed by atoms with Crippen molar-refractivity contribution in [2.45, 2.75) is 30.3 Å². The number of sulfone groups is 1. The Bertz CT molecular complexity index is 1600. The van der Waals surface area contributed by atoms with Gasteiger partial charge in [-0.25, -0.2) is 12.4 Å². The SMILES string of the molecule is C#CS(=O)(=O)n1c(C#CCNc2ccc(S(C)(=O)=O)cc2)cc2cc(CNC3CCN(C)CC3)ccc21. The average Bonchev–Trinajstić information content (AvgIpc) is 3.24. The van der Waals surface area contributed by atoms with E-state index in [0.717, 1.165) is 47.1 Å². The highest BCUT2D eigenvalue weighted by Gasteiger charge is 2.19. The molecule has 2 heterocycles. The van der Waals surface area contributed by atoms with E-state index >= 15 is 0 Å².